The number of nitrogens with zero attached hydrogens (tertiary/aromatic N) is 1. The molecule has 0 aliphatic carbocycles. The summed E-state index contributed by atoms with van der Waals surface area (Å²) < 4.78 is 29.5. The van der Waals surface area contributed by atoms with Crippen LogP contribution in [0.25, 0.3) is 72.0 Å². The largest absolute Gasteiger partial charge is 0.309 e. The van der Waals surface area contributed by atoms with Crippen molar-refractivity contribution in [1.29, 1.82) is 0 Å². The summed E-state index contributed by atoms with van der Waals surface area (Å²) >= 11 is 0. The normalized spacial score (nSPS) is 13.6. The van der Waals surface area contributed by atoms with Gasteiger partial charge in [0.05, 0.1) is 22.5 Å². The van der Waals surface area contributed by atoms with Crippen LogP contribution in [0.15, 0.2) is 164 Å². The van der Waals surface area contributed by atoms with Gasteiger partial charge in [-0.25, -0.2) is 8.42 Å². The van der Waals surface area contributed by atoms with Gasteiger partial charge in [-0.2, -0.15) is 0 Å². The van der Waals surface area contributed by atoms with E-state index in [1.807, 2.05) is 18.2 Å². The SMILES string of the molecule is O=S1(=O)Cc2cc(-c3cc(-c4ccccc4)cc(-c4ccccc4)c3)ccc2-c2cc(-n3c4ccccc4c4ccccc43)ccc2C1. The molecule has 1 aliphatic rings. The van der Waals surface area contributed by atoms with Crippen LogP contribution in [-0.2, 0) is 21.3 Å². The second-order valence-electron chi connectivity index (χ2n) is 12.6. The molecule has 0 atom stereocenters. The zero-order chi connectivity index (χ0) is 32.2. The smallest absolute Gasteiger partial charge is 0.158 e. The Bertz CT molecular complexity index is 2510. The molecule has 0 fully saturated rings. The Morgan fingerprint density at radius 1 is 0.396 bits per heavy atom. The number of rotatable bonds is 4. The molecular formula is C44H31NO2S. The van der Waals surface area contributed by atoms with E-state index in [2.05, 4.69) is 150 Å². The second-order valence-corrected chi connectivity index (χ2v) is 14.7. The number of benzene rings is 7. The van der Waals surface area contributed by atoms with Crippen LogP contribution < -0.4 is 0 Å². The van der Waals surface area contributed by atoms with Crippen molar-refractivity contribution in [3.05, 3.63) is 175 Å². The molecule has 0 radical (unpaired) electrons. The van der Waals surface area contributed by atoms with E-state index in [0.29, 0.717) is 0 Å². The van der Waals surface area contributed by atoms with Gasteiger partial charge < -0.3 is 4.57 Å². The first-order valence-electron chi connectivity index (χ1n) is 16.2. The minimum absolute atomic E-state index is 0.000510. The number of aromatic nitrogens is 1. The van der Waals surface area contributed by atoms with Gasteiger partial charge in [0.2, 0.25) is 0 Å². The molecule has 48 heavy (non-hydrogen) atoms. The van der Waals surface area contributed by atoms with E-state index in [1.165, 1.54) is 10.8 Å². The Balaban J connectivity index is 1.22. The fraction of sp³-hybridized carbons (Fsp3) is 0.0455. The molecule has 9 rings (SSSR count). The standard InChI is InChI=1S/C44H31NO2S/c46-48(47)28-33-19-21-38(45-43-17-9-7-15-40(43)41-16-8-10-18-44(41)45)27-42(33)39-22-20-32(23-37(39)29-48)36-25-34(30-11-3-1-4-12-30)24-35(26-36)31-13-5-2-6-14-31/h1-27H,28-29H2. The summed E-state index contributed by atoms with van der Waals surface area (Å²) in [5.74, 6) is 0.0148. The van der Waals surface area contributed by atoms with Crippen molar-refractivity contribution in [2.45, 2.75) is 11.5 Å². The van der Waals surface area contributed by atoms with E-state index in [4.69, 9.17) is 0 Å². The highest BCUT2D eigenvalue weighted by atomic mass is 32.2. The molecule has 4 heteroatoms. The first-order chi connectivity index (χ1) is 23.5. The van der Waals surface area contributed by atoms with Gasteiger partial charge in [0.15, 0.2) is 9.84 Å². The van der Waals surface area contributed by atoms with Crippen LogP contribution in [0, 0.1) is 0 Å². The number of para-hydroxylation sites is 2. The molecule has 0 bridgehead atoms. The van der Waals surface area contributed by atoms with Gasteiger partial charge in [-0.15, -0.1) is 0 Å². The zero-order valence-corrected chi connectivity index (χ0v) is 27.0. The molecular weight excluding hydrogens is 607 g/mol. The lowest BCUT2D eigenvalue weighted by Crippen LogP contribution is -2.05. The minimum atomic E-state index is -3.39. The number of hydrogen-bond donors (Lipinski definition) is 0. The number of fused-ring (bicyclic) bond motifs is 6. The molecule has 0 unspecified atom stereocenters. The third-order valence-corrected chi connectivity index (χ3v) is 11.1. The van der Waals surface area contributed by atoms with Crippen molar-refractivity contribution in [2.75, 3.05) is 0 Å². The van der Waals surface area contributed by atoms with Gasteiger partial charge in [-0.3, -0.25) is 0 Å². The average molecular weight is 638 g/mol. The van der Waals surface area contributed by atoms with Gasteiger partial charge in [-0.05, 0) is 104 Å². The fourth-order valence-corrected chi connectivity index (χ4v) is 8.89. The zero-order valence-electron chi connectivity index (χ0n) is 26.2. The third-order valence-electron chi connectivity index (χ3n) is 9.56. The summed E-state index contributed by atoms with van der Waals surface area (Å²) in [7, 11) is -3.39. The minimum Gasteiger partial charge on any atom is -0.309 e. The molecule has 0 saturated heterocycles. The molecule has 7 aromatic carbocycles. The molecule has 8 aromatic rings. The summed E-state index contributed by atoms with van der Waals surface area (Å²) in [5.41, 5.74) is 13.5. The van der Waals surface area contributed by atoms with Crippen molar-refractivity contribution >= 4 is 31.6 Å². The summed E-state index contributed by atoms with van der Waals surface area (Å²) in [6, 6.07) is 57.0. The van der Waals surface area contributed by atoms with E-state index in [1.54, 1.807) is 0 Å². The number of sulfone groups is 1. The lowest BCUT2D eigenvalue weighted by molar-refractivity contribution is 0.595. The van der Waals surface area contributed by atoms with E-state index in [9.17, 15) is 8.42 Å². The maximum Gasteiger partial charge on any atom is 0.158 e. The maximum absolute atomic E-state index is 13.6. The van der Waals surface area contributed by atoms with Gasteiger partial charge in [0.1, 0.15) is 0 Å². The van der Waals surface area contributed by atoms with Gasteiger partial charge in [0, 0.05) is 16.5 Å². The van der Waals surface area contributed by atoms with Crippen molar-refractivity contribution in [3.8, 4) is 50.2 Å². The number of hydrogen-bond acceptors (Lipinski definition) is 2. The molecule has 2 heterocycles. The summed E-state index contributed by atoms with van der Waals surface area (Å²) in [6.07, 6.45) is 0. The predicted molar refractivity (Wildman–Crippen MR) is 199 cm³/mol. The monoisotopic (exact) mass is 637 g/mol. The van der Waals surface area contributed by atoms with Crippen LogP contribution in [0.1, 0.15) is 11.1 Å². The molecule has 230 valence electrons. The van der Waals surface area contributed by atoms with Gasteiger partial charge in [0.25, 0.3) is 0 Å². The highest BCUT2D eigenvalue weighted by Gasteiger charge is 2.25. The molecule has 0 amide bonds. The van der Waals surface area contributed by atoms with Crippen molar-refractivity contribution in [3.63, 3.8) is 0 Å². The second kappa shape index (κ2) is 11.2. The van der Waals surface area contributed by atoms with Crippen molar-refractivity contribution in [2.24, 2.45) is 0 Å². The summed E-state index contributed by atoms with van der Waals surface area (Å²) in [5, 5.41) is 2.39. The van der Waals surface area contributed by atoms with Crippen molar-refractivity contribution < 1.29 is 8.42 Å². The fourth-order valence-electron chi connectivity index (χ4n) is 7.35. The third kappa shape index (κ3) is 4.93. The lowest BCUT2D eigenvalue weighted by Gasteiger charge is -2.15. The molecule has 1 aliphatic heterocycles. The highest BCUT2D eigenvalue weighted by molar-refractivity contribution is 7.89. The maximum atomic E-state index is 13.6. The molecule has 0 N–H and O–H groups in total. The summed E-state index contributed by atoms with van der Waals surface area (Å²) in [4.78, 5) is 0. The van der Waals surface area contributed by atoms with E-state index in [-0.39, 0.29) is 11.5 Å². The molecule has 0 saturated carbocycles. The van der Waals surface area contributed by atoms with Crippen LogP contribution in [0.2, 0.25) is 0 Å². The van der Waals surface area contributed by atoms with Crippen LogP contribution in [0.3, 0.4) is 0 Å². The Hall–Kier alpha value is -5.71. The Kier molecular flexibility index (Phi) is 6.66. The first kappa shape index (κ1) is 28.5. The Morgan fingerprint density at radius 3 is 1.52 bits per heavy atom. The quantitative estimate of drug-likeness (QED) is 0.193. The average Bonchev–Trinajstić information content (AvgIpc) is 3.40. The Morgan fingerprint density at radius 2 is 0.917 bits per heavy atom. The first-order valence-corrected chi connectivity index (χ1v) is 18.0. The predicted octanol–water partition coefficient (Wildman–Crippen LogP) is 10.9. The van der Waals surface area contributed by atoms with Crippen LogP contribution in [-0.4, -0.2) is 13.0 Å². The van der Waals surface area contributed by atoms with Gasteiger partial charge in [-0.1, -0.05) is 115 Å². The van der Waals surface area contributed by atoms with Crippen LogP contribution >= 0.6 is 0 Å². The lowest BCUT2D eigenvalue weighted by atomic mass is 9.90. The summed E-state index contributed by atoms with van der Waals surface area (Å²) in [6.45, 7) is 0. The van der Waals surface area contributed by atoms with Gasteiger partial charge >= 0.3 is 0 Å². The van der Waals surface area contributed by atoms with E-state index < -0.39 is 9.84 Å². The van der Waals surface area contributed by atoms with E-state index >= 15 is 0 Å². The molecule has 0 spiro atoms. The van der Waals surface area contributed by atoms with Crippen molar-refractivity contribution in [1.82, 2.24) is 4.57 Å². The topological polar surface area (TPSA) is 39.1 Å². The van der Waals surface area contributed by atoms with E-state index in [0.717, 1.165) is 72.4 Å². The highest BCUT2D eigenvalue weighted by Crippen LogP contribution is 2.40. The van der Waals surface area contributed by atoms with Crippen LogP contribution in [0.4, 0.5) is 0 Å². The Labute approximate surface area is 280 Å². The van der Waals surface area contributed by atoms with Crippen LogP contribution in [0.5, 0.6) is 0 Å². The molecule has 3 nitrogen and oxygen atoms in total. The molecule has 1 aromatic heterocycles.